The lowest BCUT2D eigenvalue weighted by atomic mass is 9.85. The van der Waals surface area contributed by atoms with Crippen LogP contribution in [0.15, 0.2) is 0 Å². The van der Waals surface area contributed by atoms with Crippen LogP contribution in [0.25, 0.3) is 0 Å². The zero-order valence-electron chi connectivity index (χ0n) is 12.0. The first-order valence-corrected chi connectivity index (χ1v) is 7.70. The van der Waals surface area contributed by atoms with Gasteiger partial charge in [0.15, 0.2) is 0 Å². The monoisotopic (exact) mass is 240 g/mol. The lowest BCUT2D eigenvalue weighted by Gasteiger charge is -2.35. The predicted molar refractivity (Wildman–Crippen MR) is 76.2 cm³/mol. The summed E-state index contributed by atoms with van der Waals surface area (Å²) in [7, 11) is 2.27. The highest BCUT2D eigenvalue weighted by Gasteiger charge is 2.23. The molecule has 0 aromatic rings. The molecule has 0 aliphatic heterocycles. The van der Waals surface area contributed by atoms with Crippen LogP contribution >= 0.6 is 0 Å². The van der Waals surface area contributed by atoms with Gasteiger partial charge in [0, 0.05) is 12.6 Å². The molecule has 2 heteroatoms. The van der Waals surface area contributed by atoms with Gasteiger partial charge in [0.1, 0.15) is 0 Å². The van der Waals surface area contributed by atoms with Crippen molar-refractivity contribution in [3.05, 3.63) is 0 Å². The van der Waals surface area contributed by atoms with Crippen molar-refractivity contribution in [3.8, 4) is 0 Å². The lowest BCUT2D eigenvalue weighted by Crippen LogP contribution is -2.44. The molecular formula is C15H32N2. The van der Waals surface area contributed by atoms with E-state index in [-0.39, 0.29) is 0 Å². The Balaban J connectivity index is 2.44. The van der Waals surface area contributed by atoms with E-state index < -0.39 is 0 Å². The maximum atomic E-state index is 6.02. The Labute approximate surface area is 108 Å². The summed E-state index contributed by atoms with van der Waals surface area (Å²) in [6, 6.07) is 0.625. The fourth-order valence-corrected chi connectivity index (χ4v) is 3.18. The SMILES string of the molecule is CCCCN(C)C(CN)C1CCCCCCC1. The molecule has 0 bridgehead atoms. The number of rotatable bonds is 6. The minimum Gasteiger partial charge on any atom is -0.329 e. The molecule has 0 amide bonds. The molecule has 0 aromatic heterocycles. The van der Waals surface area contributed by atoms with Crippen LogP contribution in [0.5, 0.6) is 0 Å². The highest BCUT2D eigenvalue weighted by Crippen LogP contribution is 2.26. The first-order valence-electron chi connectivity index (χ1n) is 7.70. The van der Waals surface area contributed by atoms with Gasteiger partial charge in [-0.05, 0) is 38.8 Å². The maximum absolute atomic E-state index is 6.02. The van der Waals surface area contributed by atoms with Crippen molar-refractivity contribution in [1.29, 1.82) is 0 Å². The highest BCUT2D eigenvalue weighted by atomic mass is 15.1. The van der Waals surface area contributed by atoms with Gasteiger partial charge in [-0.2, -0.15) is 0 Å². The quantitative estimate of drug-likeness (QED) is 0.771. The molecule has 1 atom stereocenters. The number of unbranched alkanes of at least 4 members (excludes halogenated alkanes) is 1. The van der Waals surface area contributed by atoms with Crippen molar-refractivity contribution in [2.75, 3.05) is 20.1 Å². The van der Waals surface area contributed by atoms with Crippen molar-refractivity contribution in [2.45, 2.75) is 70.8 Å². The van der Waals surface area contributed by atoms with E-state index in [1.807, 2.05) is 0 Å². The molecule has 2 N–H and O–H groups in total. The van der Waals surface area contributed by atoms with Gasteiger partial charge in [-0.1, -0.05) is 45.4 Å². The van der Waals surface area contributed by atoms with Crippen molar-refractivity contribution in [3.63, 3.8) is 0 Å². The van der Waals surface area contributed by atoms with E-state index in [1.54, 1.807) is 0 Å². The fraction of sp³-hybridized carbons (Fsp3) is 1.00. The molecule has 1 saturated carbocycles. The van der Waals surface area contributed by atoms with E-state index in [0.29, 0.717) is 6.04 Å². The average Bonchev–Trinajstić information content (AvgIpc) is 2.29. The zero-order chi connectivity index (χ0) is 12.5. The predicted octanol–water partition coefficient (Wildman–Crippen LogP) is 3.41. The van der Waals surface area contributed by atoms with Crippen molar-refractivity contribution < 1.29 is 0 Å². The van der Waals surface area contributed by atoms with Gasteiger partial charge in [0.05, 0.1) is 0 Å². The van der Waals surface area contributed by atoms with Gasteiger partial charge in [-0.25, -0.2) is 0 Å². The molecule has 0 aromatic carbocycles. The van der Waals surface area contributed by atoms with Crippen LogP contribution in [-0.2, 0) is 0 Å². The molecule has 1 aliphatic carbocycles. The Kier molecular flexibility index (Phi) is 7.87. The second-order valence-electron chi connectivity index (χ2n) is 5.74. The van der Waals surface area contributed by atoms with E-state index in [9.17, 15) is 0 Å². The summed E-state index contributed by atoms with van der Waals surface area (Å²) < 4.78 is 0. The summed E-state index contributed by atoms with van der Waals surface area (Å²) in [4.78, 5) is 2.52. The van der Waals surface area contributed by atoms with Crippen LogP contribution in [0.4, 0.5) is 0 Å². The van der Waals surface area contributed by atoms with E-state index in [4.69, 9.17) is 5.73 Å². The summed E-state index contributed by atoms with van der Waals surface area (Å²) in [5.74, 6) is 0.849. The van der Waals surface area contributed by atoms with Crippen molar-refractivity contribution >= 4 is 0 Å². The zero-order valence-corrected chi connectivity index (χ0v) is 12.0. The summed E-state index contributed by atoms with van der Waals surface area (Å²) >= 11 is 0. The second kappa shape index (κ2) is 8.93. The molecule has 2 nitrogen and oxygen atoms in total. The third-order valence-electron chi connectivity index (χ3n) is 4.37. The standard InChI is InChI=1S/C15H32N2/c1-3-4-12-17(2)15(13-16)14-10-8-6-5-7-9-11-14/h14-15H,3-13,16H2,1-2H3. The van der Waals surface area contributed by atoms with E-state index >= 15 is 0 Å². The average molecular weight is 240 g/mol. The second-order valence-corrected chi connectivity index (χ2v) is 5.74. The number of nitrogens with two attached hydrogens (primary N) is 1. The number of hydrogen-bond donors (Lipinski definition) is 1. The minimum absolute atomic E-state index is 0.625. The summed E-state index contributed by atoms with van der Waals surface area (Å²) in [5.41, 5.74) is 6.02. The summed E-state index contributed by atoms with van der Waals surface area (Å²) in [6.45, 7) is 4.32. The summed E-state index contributed by atoms with van der Waals surface area (Å²) in [6.07, 6.45) is 12.6. The van der Waals surface area contributed by atoms with Gasteiger partial charge < -0.3 is 10.6 Å². The van der Waals surface area contributed by atoms with Gasteiger partial charge >= 0.3 is 0 Å². The van der Waals surface area contributed by atoms with Crippen LogP contribution in [-0.4, -0.2) is 31.1 Å². The number of hydrogen-bond acceptors (Lipinski definition) is 2. The number of nitrogens with zero attached hydrogens (tertiary/aromatic N) is 1. The van der Waals surface area contributed by atoms with E-state index in [0.717, 1.165) is 12.5 Å². The Bertz CT molecular complexity index is 174. The van der Waals surface area contributed by atoms with Crippen molar-refractivity contribution in [2.24, 2.45) is 11.7 Å². The topological polar surface area (TPSA) is 29.3 Å². The first-order chi connectivity index (χ1) is 8.29. The Morgan fingerprint density at radius 2 is 1.71 bits per heavy atom. The largest absolute Gasteiger partial charge is 0.329 e. The molecule has 102 valence electrons. The normalized spacial score (nSPS) is 21.2. The highest BCUT2D eigenvalue weighted by molar-refractivity contribution is 4.79. The molecule has 17 heavy (non-hydrogen) atoms. The van der Waals surface area contributed by atoms with Crippen LogP contribution < -0.4 is 5.73 Å². The Morgan fingerprint density at radius 1 is 1.12 bits per heavy atom. The first kappa shape index (κ1) is 15.0. The smallest absolute Gasteiger partial charge is 0.0243 e. The molecular weight excluding hydrogens is 208 g/mol. The van der Waals surface area contributed by atoms with E-state index in [2.05, 4.69) is 18.9 Å². The third-order valence-corrected chi connectivity index (χ3v) is 4.37. The molecule has 1 rings (SSSR count). The molecule has 0 saturated heterocycles. The molecule has 0 heterocycles. The van der Waals surface area contributed by atoms with Gasteiger partial charge in [-0.3, -0.25) is 0 Å². The fourth-order valence-electron chi connectivity index (χ4n) is 3.18. The maximum Gasteiger partial charge on any atom is 0.0243 e. The van der Waals surface area contributed by atoms with Crippen LogP contribution in [0.3, 0.4) is 0 Å². The molecule has 1 aliphatic rings. The van der Waals surface area contributed by atoms with E-state index in [1.165, 1.54) is 64.3 Å². The molecule has 0 spiro atoms. The Morgan fingerprint density at radius 3 is 2.24 bits per heavy atom. The molecule has 0 radical (unpaired) electrons. The van der Waals surface area contributed by atoms with Crippen LogP contribution in [0.1, 0.15) is 64.7 Å². The van der Waals surface area contributed by atoms with Crippen LogP contribution in [0, 0.1) is 5.92 Å². The molecule has 1 fully saturated rings. The van der Waals surface area contributed by atoms with Gasteiger partial charge in [-0.15, -0.1) is 0 Å². The lowest BCUT2D eigenvalue weighted by molar-refractivity contribution is 0.155. The van der Waals surface area contributed by atoms with Gasteiger partial charge in [0.2, 0.25) is 0 Å². The molecule has 1 unspecified atom stereocenters. The number of likely N-dealkylation sites (N-methyl/N-ethyl adjacent to an activating group) is 1. The third kappa shape index (κ3) is 5.39. The van der Waals surface area contributed by atoms with Gasteiger partial charge in [0.25, 0.3) is 0 Å². The Hall–Kier alpha value is -0.0800. The van der Waals surface area contributed by atoms with Crippen LogP contribution in [0.2, 0.25) is 0 Å². The summed E-state index contributed by atoms with van der Waals surface area (Å²) in [5, 5.41) is 0. The van der Waals surface area contributed by atoms with Crippen molar-refractivity contribution in [1.82, 2.24) is 4.90 Å². The minimum atomic E-state index is 0.625.